The van der Waals surface area contributed by atoms with E-state index < -0.39 is 0 Å². The summed E-state index contributed by atoms with van der Waals surface area (Å²) in [6, 6.07) is 0.282. The van der Waals surface area contributed by atoms with Gasteiger partial charge in [-0.15, -0.1) is 16.8 Å². The lowest BCUT2D eigenvalue weighted by Crippen LogP contribution is -2.47. The highest BCUT2D eigenvalue weighted by molar-refractivity contribution is 5.79. The molecule has 1 N–H and O–H groups in total. The van der Waals surface area contributed by atoms with Crippen LogP contribution in [0.25, 0.3) is 0 Å². The summed E-state index contributed by atoms with van der Waals surface area (Å²) in [7, 11) is 0. The van der Waals surface area contributed by atoms with Gasteiger partial charge in [-0.05, 0) is 19.8 Å². The van der Waals surface area contributed by atoms with Crippen LogP contribution in [-0.4, -0.2) is 43.5 Å². The summed E-state index contributed by atoms with van der Waals surface area (Å²) in [5.74, 6) is 0.458. The van der Waals surface area contributed by atoms with E-state index in [4.69, 9.17) is 0 Å². The first kappa shape index (κ1) is 12.5. The third-order valence-corrected chi connectivity index (χ3v) is 3.08. The number of H-pyrrole nitrogens is 1. The molecule has 0 bridgehead atoms. The van der Waals surface area contributed by atoms with Gasteiger partial charge in [-0.2, -0.15) is 5.21 Å². The van der Waals surface area contributed by atoms with Crippen LogP contribution in [-0.2, 0) is 11.2 Å². The van der Waals surface area contributed by atoms with E-state index >= 15 is 0 Å². The molecule has 0 aromatic carbocycles. The average molecular weight is 247 g/mol. The number of carbonyl (C=O) groups is 1. The second-order valence-corrected chi connectivity index (χ2v) is 4.39. The van der Waals surface area contributed by atoms with Crippen molar-refractivity contribution in [1.82, 2.24) is 25.5 Å². The molecule has 0 radical (unpaired) electrons. The SMILES string of the molecule is C=CC[C@@H]1CC=C[C@@H](C)N1C(=O)Cc1nn[nH]n1. The van der Waals surface area contributed by atoms with Crippen molar-refractivity contribution in [3.05, 3.63) is 30.6 Å². The smallest absolute Gasteiger partial charge is 0.231 e. The predicted molar refractivity (Wildman–Crippen MR) is 66.5 cm³/mol. The van der Waals surface area contributed by atoms with E-state index in [-0.39, 0.29) is 24.4 Å². The van der Waals surface area contributed by atoms with E-state index in [1.807, 2.05) is 24.0 Å². The van der Waals surface area contributed by atoms with Crippen LogP contribution in [0.5, 0.6) is 0 Å². The molecule has 0 unspecified atom stereocenters. The minimum absolute atomic E-state index is 0.0279. The first-order valence-electron chi connectivity index (χ1n) is 6.03. The molecule has 2 rings (SSSR count). The van der Waals surface area contributed by atoms with Crippen molar-refractivity contribution < 1.29 is 4.79 Å². The van der Waals surface area contributed by atoms with E-state index in [0.29, 0.717) is 5.82 Å². The molecule has 6 nitrogen and oxygen atoms in total. The lowest BCUT2D eigenvalue weighted by atomic mass is 10.00. The zero-order valence-electron chi connectivity index (χ0n) is 10.4. The van der Waals surface area contributed by atoms with Crippen LogP contribution in [0.1, 0.15) is 25.6 Å². The zero-order chi connectivity index (χ0) is 13.0. The van der Waals surface area contributed by atoms with Gasteiger partial charge < -0.3 is 4.90 Å². The molecule has 2 atom stereocenters. The maximum absolute atomic E-state index is 12.3. The number of nitrogens with zero attached hydrogens (tertiary/aromatic N) is 4. The van der Waals surface area contributed by atoms with Crippen molar-refractivity contribution in [3.8, 4) is 0 Å². The van der Waals surface area contributed by atoms with Crippen LogP contribution in [0.3, 0.4) is 0 Å². The van der Waals surface area contributed by atoms with Gasteiger partial charge in [-0.1, -0.05) is 23.4 Å². The standard InChI is InChI=1S/C12H17N5O/c1-3-5-10-7-4-6-9(2)17(10)12(18)8-11-13-15-16-14-11/h3-4,6,9-10H,1,5,7-8H2,2H3,(H,13,14,15,16)/t9-,10-/m1/s1. The van der Waals surface area contributed by atoms with Gasteiger partial charge in [0, 0.05) is 12.1 Å². The van der Waals surface area contributed by atoms with Crippen LogP contribution in [0, 0.1) is 0 Å². The quantitative estimate of drug-likeness (QED) is 0.801. The van der Waals surface area contributed by atoms with E-state index in [1.54, 1.807) is 0 Å². The molecule has 0 aliphatic carbocycles. The molecule has 6 heteroatoms. The van der Waals surface area contributed by atoms with Crippen LogP contribution in [0.2, 0.25) is 0 Å². The molecule has 1 aliphatic heterocycles. The zero-order valence-corrected chi connectivity index (χ0v) is 10.4. The minimum atomic E-state index is 0.0279. The van der Waals surface area contributed by atoms with Gasteiger partial charge in [0.05, 0.1) is 6.42 Å². The Labute approximate surface area is 106 Å². The Balaban J connectivity index is 2.09. The van der Waals surface area contributed by atoms with Crippen LogP contribution in [0.15, 0.2) is 24.8 Å². The third-order valence-electron chi connectivity index (χ3n) is 3.08. The van der Waals surface area contributed by atoms with Gasteiger partial charge in [0.25, 0.3) is 0 Å². The molecular weight excluding hydrogens is 230 g/mol. The highest BCUT2D eigenvalue weighted by atomic mass is 16.2. The number of nitrogens with one attached hydrogen (secondary N) is 1. The second-order valence-electron chi connectivity index (χ2n) is 4.39. The fourth-order valence-electron chi connectivity index (χ4n) is 2.29. The molecule has 96 valence electrons. The second kappa shape index (κ2) is 5.57. The van der Waals surface area contributed by atoms with Crippen molar-refractivity contribution in [2.45, 2.75) is 38.3 Å². The van der Waals surface area contributed by atoms with Crippen molar-refractivity contribution >= 4 is 5.91 Å². The van der Waals surface area contributed by atoms with Gasteiger partial charge in [0.15, 0.2) is 5.82 Å². The number of aromatic amines is 1. The van der Waals surface area contributed by atoms with Crippen LogP contribution >= 0.6 is 0 Å². The Bertz CT molecular complexity index is 439. The van der Waals surface area contributed by atoms with Crippen molar-refractivity contribution in [2.24, 2.45) is 0 Å². The Morgan fingerprint density at radius 2 is 2.56 bits per heavy atom. The average Bonchev–Trinajstić information content (AvgIpc) is 2.82. The number of carbonyl (C=O) groups excluding carboxylic acids is 1. The Morgan fingerprint density at radius 1 is 1.72 bits per heavy atom. The number of aromatic nitrogens is 4. The lowest BCUT2D eigenvalue weighted by Gasteiger charge is -2.37. The monoisotopic (exact) mass is 247 g/mol. The number of hydrogen-bond acceptors (Lipinski definition) is 4. The molecule has 18 heavy (non-hydrogen) atoms. The molecule has 0 spiro atoms. The summed E-state index contributed by atoms with van der Waals surface area (Å²) < 4.78 is 0. The summed E-state index contributed by atoms with van der Waals surface area (Å²) in [6.45, 7) is 5.76. The molecule has 0 fully saturated rings. The molecule has 1 aromatic heterocycles. The van der Waals surface area contributed by atoms with Crippen molar-refractivity contribution in [3.63, 3.8) is 0 Å². The highest BCUT2D eigenvalue weighted by Gasteiger charge is 2.28. The summed E-state index contributed by atoms with van der Waals surface area (Å²) in [6.07, 6.45) is 7.87. The summed E-state index contributed by atoms with van der Waals surface area (Å²) in [5.41, 5.74) is 0. The molecule has 2 heterocycles. The largest absolute Gasteiger partial charge is 0.333 e. The number of amides is 1. The Kier molecular flexibility index (Phi) is 3.86. The van der Waals surface area contributed by atoms with Crippen LogP contribution < -0.4 is 0 Å². The van der Waals surface area contributed by atoms with Crippen LogP contribution in [0.4, 0.5) is 0 Å². The van der Waals surface area contributed by atoms with Gasteiger partial charge in [0.2, 0.25) is 5.91 Å². The first-order chi connectivity index (χ1) is 8.72. The molecular formula is C12H17N5O. The molecule has 0 saturated carbocycles. The molecule has 1 aromatic rings. The van der Waals surface area contributed by atoms with Gasteiger partial charge in [-0.3, -0.25) is 4.79 Å². The minimum Gasteiger partial charge on any atom is -0.333 e. The lowest BCUT2D eigenvalue weighted by molar-refractivity contribution is -0.134. The number of hydrogen-bond donors (Lipinski definition) is 1. The molecule has 1 aliphatic rings. The summed E-state index contributed by atoms with van der Waals surface area (Å²) in [5, 5.41) is 13.4. The number of rotatable bonds is 4. The molecule has 0 saturated heterocycles. The third kappa shape index (κ3) is 2.64. The van der Waals surface area contributed by atoms with E-state index in [2.05, 4.69) is 33.3 Å². The maximum Gasteiger partial charge on any atom is 0.231 e. The highest BCUT2D eigenvalue weighted by Crippen LogP contribution is 2.20. The normalized spacial score (nSPS) is 23.1. The van der Waals surface area contributed by atoms with Crippen molar-refractivity contribution in [1.29, 1.82) is 0 Å². The topological polar surface area (TPSA) is 74.8 Å². The Hall–Kier alpha value is -1.98. The summed E-state index contributed by atoms with van der Waals surface area (Å²) >= 11 is 0. The van der Waals surface area contributed by atoms with E-state index in [0.717, 1.165) is 12.8 Å². The molecule has 1 amide bonds. The number of tetrazole rings is 1. The fourth-order valence-corrected chi connectivity index (χ4v) is 2.29. The van der Waals surface area contributed by atoms with Gasteiger partial charge in [0.1, 0.15) is 0 Å². The fraction of sp³-hybridized carbons (Fsp3) is 0.500. The van der Waals surface area contributed by atoms with Gasteiger partial charge >= 0.3 is 0 Å². The summed E-state index contributed by atoms with van der Waals surface area (Å²) in [4.78, 5) is 14.2. The van der Waals surface area contributed by atoms with E-state index in [9.17, 15) is 4.79 Å². The van der Waals surface area contributed by atoms with E-state index in [1.165, 1.54) is 0 Å². The Morgan fingerprint density at radius 3 is 3.22 bits per heavy atom. The van der Waals surface area contributed by atoms with Gasteiger partial charge in [-0.25, -0.2) is 0 Å². The van der Waals surface area contributed by atoms with Crippen molar-refractivity contribution in [2.75, 3.05) is 0 Å². The first-order valence-corrected chi connectivity index (χ1v) is 6.03. The maximum atomic E-state index is 12.3. The predicted octanol–water partition coefficient (Wildman–Crippen LogP) is 0.864.